The minimum Gasteiger partial charge on any atom is -0.472 e. The van der Waals surface area contributed by atoms with Gasteiger partial charge >= 0.3 is 0 Å². The van der Waals surface area contributed by atoms with Crippen molar-refractivity contribution in [3.63, 3.8) is 0 Å². The zero-order valence-corrected chi connectivity index (χ0v) is 12.4. The van der Waals surface area contributed by atoms with Gasteiger partial charge in [-0.05, 0) is 35.5 Å². The number of hydrogen-bond acceptors (Lipinski definition) is 7. The number of benzene rings is 1. The standard InChI is InChI=1S/C14H9ClN6O2/c15-11-3-1-9(2-4-11)13-17-20-21(18-13)7-12-16-14(23-19-12)10-5-6-22-8-10/h1-6,8H,7H2. The summed E-state index contributed by atoms with van der Waals surface area (Å²) in [5.74, 6) is 1.33. The van der Waals surface area contributed by atoms with Crippen LogP contribution in [0.2, 0.25) is 5.02 Å². The van der Waals surface area contributed by atoms with Gasteiger partial charge in [-0.1, -0.05) is 16.8 Å². The van der Waals surface area contributed by atoms with Crippen LogP contribution in [0.4, 0.5) is 0 Å². The Morgan fingerprint density at radius 1 is 1.09 bits per heavy atom. The highest BCUT2D eigenvalue weighted by atomic mass is 35.5. The molecule has 0 fully saturated rings. The first-order valence-electron chi connectivity index (χ1n) is 6.67. The number of nitrogens with zero attached hydrogens (tertiary/aromatic N) is 6. The fourth-order valence-electron chi connectivity index (χ4n) is 1.97. The lowest BCUT2D eigenvalue weighted by Crippen LogP contribution is -2.05. The maximum absolute atomic E-state index is 5.86. The van der Waals surface area contributed by atoms with E-state index < -0.39 is 0 Å². The Hall–Kier alpha value is -3.00. The SMILES string of the molecule is Clc1ccc(-c2nnn(Cc3noc(-c4ccoc4)n3)n2)cc1. The minimum absolute atomic E-state index is 0.252. The highest BCUT2D eigenvalue weighted by Crippen LogP contribution is 2.18. The van der Waals surface area contributed by atoms with E-state index in [0.29, 0.717) is 22.6 Å². The first-order valence-corrected chi connectivity index (χ1v) is 7.04. The summed E-state index contributed by atoms with van der Waals surface area (Å²) in [5.41, 5.74) is 1.55. The number of tetrazole rings is 1. The van der Waals surface area contributed by atoms with E-state index in [0.717, 1.165) is 11.1 Å². The second kappa shape index (κ2) is 5.65. The van der Waals surface area contributed by atoms with Gasteiger partial charge in [0.2, 0.25) is 5.82 Å². The largest absolute Gasteiger partial charge is 0.472 e. The Morgan fingerprint density at radius 3 is 2.74 bits per heavy atom. The first-order chi connectivity index (χ1) is 11.3. The van der Waals surface area contributed by atoms with Gasteiger partial charge in [-0.15, -0.1) is 10.2 Å². The molecule has 0 spiro atoms. The average Bonchev–Trinajstić information content (AvgIpc) is 3.29. The van der Waals surface area contributed by atoms with Gasteiger partial charge in [0.25, 0.3) is 5.89 Å². The Kier molecular flexibility index (Phi) is 3.35. The third-order valence-electron chi connectivity index (χ3n) is 3.07. The van der Waals surface area contributed by atoms with Gasteiger partial charge in [-0.2, -0.15) is 9.78 Å². The molecule has 23 heavy (non-hydrogen) atoms. The van der Waals surface area contributed by atoms with E-state index in [9.17, 15) is 0 Å². The topological polar surface area (TPSA) is 95.7 Å². The summed E-state index contributed by atoms with van der Waals surface area (Å²) in [6.07, 6.45) is 3.07. The van der Waals surface area contributed by atoms with E-state index in [-0.39, 0.29) is 6.54 Å². The molecule has 114 valence electrons. The lowest BCUT2D eigenvalue weighted by molar-refractivity contribution is 0.414. The first kappa shape index (κ1) is 13.6. The maximum atomic E-state index is 5.86. The van der Waals surface area contributed by atoms with Gasteiger partial charge in [0.15, 0.2) is 5.82 Å². The van der Waals surface area contributed by atoms with Crippen LogP contribution in [-0.2, 0) is 6.54 Å². The molecule has 3 aromatic heterocycles. The van der Waals surface area contributed by atoms with E-state index in [1.165, 1.54) is 17.3 Å². The van der Waals surface area contributed by atoms with Crippen LogP contribution >= 0.6 is 11.6 Å². The molecule has 8 nitrogen and oxygen atoms in total. The summed E-state index contributed by atoms with van der Waals surface area (Å²) in [6.45, 7) is 0.252. The van der Waals surface area contributed by atoms with Gasteiger partial charge in [-0.25, -0.2) is 0 Å². The molecule has 9 heteroatoms. The molecule has 0 saturated heterocycles. The van der Waals surface area contributed by atoms with Crippen molar-refractivity contribution >= 4 is 11.6 Å². The zero-order valence-electron chi connectivity index (χ0n) is 11.6. The van der Waals surface area contributed by atoms with Crippen molar-refractivity contribution in [2.45, 2.75) is 6.54 Å². The number of rotatable bonds is 4. The van der Waals surface area contributed by atoms with Gasteiger partial charge in [0, 0.05) is 10.6 Å². The third-order valence-corrected chi connectivity index (χ3v) is 3.33. The van der Waals surface area contributed by atoms with Crippen molar-refractivity contribution in [1.29, 1.82) is 0 Å². The number of furan rings is 1. The molecule has 3 heterocycles. The third kappa shape index (κ3) is 2.84. The fourth-order valence-corrected chi connectivity index (χ4v) is 2.10. The summed E-state index contributed by atoms with van der Waals surface area (Å²) in [6, 6.07) is 8.94. The van der Waals surface area contributed by atoms with Crippen LogP contribution in [0.1, 0.15) is 5.82 Å². The van der Waals surface area contributed by atoms with E-state index in [4.69, 9.17) is 20.5 Å². The number of hydrogen-bond donors (Lipinski definition) is 0. The predicted octanol–water partition coefficient (Wildman–Crippen LogP) is 2.68. The summed E-state index contributed by atoms with van der Waals surface area (Å²) < 4.78 is 10.1. The van der Waals surface area contributed by atoms with E-state index in [1.807, 2.05) is 12.1 Å². The molecule has 0 aliphatic heterocycles. The average molecular weight is 329 g/mol. The molecule has 0 saturated carbocycles. The molecule has 0 bridgehead atoms. The van der Waals surface area contributed by atoms with Crippen molar-refractivity contribution < 1.29 is 8.94 Å². The monoisotopic (exact) mass is 328 g/mol. The van der Waals surface area contributed by atoms with Crippen molar-refractivity contribution in [3.8, 4) is 22.8 Å². The van der Waals surface area contributed by atoms with Crippen LogP contribution in [0.25, 0.3) is 22.8 Å². The van der Waals surface area contributed by atoms with Crippen LogP contribution in [-0.4, -0.2) is 30.3 Å². The minimum atomic E-state index is 0.252. The van der Waals surface area contributed by atoms with Crippen LogP contribution in [0.5, 0.6) is 0 Å². The predicted molar refractivity (Wildman–Crippen MR) is 79.4 cm³/mol. The van der Waals surface area contributed by atoms with Crippen molar-refractivity contribution in [1.82, 2.24) is 30.3 Å². The summed E-state index contributed by atoms with van der Waals surface area (Å²) >= 11 is 5.86. The van der Waals surface area contributed by atoms with Crippen LogP contribution in [0, 0.1) is 0 Å². The van der Waals surface area contributed by atoms with Crippen molar-refractivity contribution in [2.24, 2.45) is 0 Å². The molecule has 0 radical (unpaired) electrons. The van der Waals surface area contributed by atoms with E-state index in [1.54, 1.807) is 18.2 Å². The smallest absolute Gasteiger partial charge is 0.261 e. The highest BCUT2D eigenvalue weighted by Gasteiger charge is 2.12. The molecule has 0 aliphatic rings. The van der Waals surface area contributed by atoms with Crippen molar-refractivity contribution in [2.75, 3.05) is 0 Å². The lowest BCUT2D eigenvalue weighted by atomic mass is 10.2. The summed E-state index contributed by atoms with van der Waals surface area (Å²) in [5, 5.41) is 16.8. The Bertz CT molecular complexity index is 913. The summed E-state index contributed by atoms with van der Waals surface area (Å²) in [4.78, 5) is 5.65. The Labute approximate surface area is 134 Å². The second-order valence-electron chi connectivity index (χ2n) is 4.68. The van der Waals surface area contributed by atoms with Crippen molar-refractivity contribution in [3.05, 3.63) is 53.7 Å². The molecule has 0 N–H and O–H groups in total. The van der Waals surface area contributed by atoms with E-state index >= 15 is 0 Å². The zero-order chi connectivity index (χ0) is 15.6. The molecular weight excluding hydrogens is 320 g/mol. The summed E-state index contributed by atoms with van der Waals surface area (Å²) in [7, 11) is 0. The Balaban J connectivity index is 1.53. The molecular formula is C14H9ClN6O2. The second-order valence-corrected chi connectivity index (χ2v) is 5.11. The molecule has 0 unspecified atom stereocenters. The lowest BCUT2D eigenvalue weighted by Gasteiger charge is -1.94. The van der Waals surface area contributed by atoms with Gasteiger partial charge in [0.1, 0.15) is 12.8 Å². The van der Waals surface area contributed by atoms with Gasteiger partial charge < -0.3 is 8.94 Å². The van der Waals surface area contributed by atoms with Crippen LogP contribution in [0.3, 0.4) is 0 Å². The van der Waals surface area contributed by atoms with Gasteiger partial charge in [0.05, 0.1) is 11.8 Å². The quantitative estimate of drug-likeness (QED) is 0.568. The molecule has 0 atom stereocenters. The maximum Gasteiger partial charge on any atom is 0.261 e. The number of aromatic nitrogens is 6. The highest BCUT2D eigenvalue weighted by molar-refractivity contribution is 6.30. The normalized spacial score (nSPS) is 11.0. The van der Waals surface area contributed by atoms with Gasteiger partial charge in [-0.3, -0.25) is 0 Å². The molecule has 4 rings (SSSR count). The molecule has 4 aromatic rings. The van der Waals surface area contributed by atoms with E-state index in [2.05, 4.69) is 25.6 Å². The fraction of sp³-hybridized carbons (Fsp3) is 0.0714. The molecule has 0 aliphatic carbocycles. The molecule has 0 amide bonds. The number of halogens is 1. The van der Waals surface area contributed by atoms with Crippen LogP contribution < -0.4 is 0 Å². The Morgan fingerprint density at radius 2 is 1.96 bits per heavy atom. The molecule has 1 aromatic carbocycles. The van der Waals surface area contributed by atoms with Crippen LogP contribution in [0.15, 0.2) is 51.8 Å².